The summed E-state index contributed by atoms with van der Waals surface area (Å²) in [4.78, 5) is 22.7. The Morgan fingerprint density at radius 3 is 2.63 bits per heavy atom. The van der Waals surface area contributed by atoms with Crippen LogP contribution in [0.2, 0.25) is 0 Å². The molecule has 0 aliphatic rings. The van der Waals surface area contributed by atoms with Gasteiger partial charge in [-0.25, -0.2) is 4.79 Å². The number of aromatic carboxylic acids is 1. The van der Waals surface area contributed by atoms with Gasteiger partial charge >= 0.3 is 5.97 Å². The summed E-state index contributed by atoms with van der Waals surface area (Å²) in [5.74, 6) is -1.68. The summed E-state index contributed by atoms with van der Waals surface area (Å²) in [7, 11) is -1.64. The molecule has 0 spiro atoms. The number of unbranched alkanes of at least 4 members (excludes halogenated alkanes) is 1. The first kappa shape index (κ1) is 15.4. The van der Waals surface area contributed by atoms with Crippen molar-refractivity contribution in [3.05, 3.63) is 29.8 Å². The van der Waals surface area contributed by atoms with Crippen LogP contribution < -0.4 is 5.32 Å². The molecular formula is C13H17NO4S. The van der Waals surface area contributed by atoms with Crippen LogP contribution in [0.25, 0.3) is 0 Å². The Hall–Kier alpha value is -1.69. The highest BCUT2D eigenvalue weighted by Crippen LogP contribution is 2.13. The number of carbonyl (C=O) groups excluding carboxylic acids is 1. The maximum Gasteiger partial charge on any atom is 0.336 e. The number of hydrogen-bond donors (Lipinski definition) is 2. The molecule has 1 rings (SSSR count). The molecule has 0 saturated heterocycles. The van der Waals surface area contributed by atoms with Crippen molar-refractivity contribution in [1.82, 2.24) is 5.32 Å². The summed E-state index contributed by atoms with van der Waals surface area (Å²) in [5, 5.41) is 11.6. The van der Waals surface area contributed by atoms with Crippen LogP contribution in [-0.2, 0) is 15.6 Å². The predicted octanol–water partition coefficient (Wildman–Crippen LogP) is 1.41. The largest absolute Gasteiger partial charge is 0.478 e. The second-order valence-electron chi connectivity index (χ2n) is 3.99. The van der Waals surface area contributed by atoms with E-state index in [2.05, 4.69) is 5.32 Å². The van der Waals surface area contributed by atoms with Crippen LogP contribution in [0.1, 0.15) is 30.1 Å². The molecular weight excluding hydrogens is 266 g/mol. The molecule has 5 nitrogen and oxygen atoms in total. The van der Waals surface area contributed by atoms with E-state index in [4.69, 9.17) is 5.11 Å². The van der Waals surface area contributed by atoms with Gasteiger partial charge in [-0.05, 0) is 18.6 Å². The first-order chi connectivity index (χ1) is 9.06. The maximum atomic E-state index is 12.0. The Balaban J connectivity index is 2.68. The number of benzene rings is 1. The zero-order chi connectivity index (χ0) is 14.3. The second-order valence-corrected chi connectivity index (χ2v) is 5.41. The number of rotatable bonds is 7. The molecule has 0 radical (unpaired) electrons. The van der Waals surface area contributed by atoms with Gasteiger partial charge in [-0.1, -0.05) is 25.5 Å². The Morgan fingerprint density at radius 1 is 1.32 bits per heavy atom. The van der Waals surface area contributed by atoms with Gasteiger partial charge in [-0.15, -0.1) is 0 Å². The van der Waals surface area contributed by atoms with Crippen molar-refractivity contribution >= 4 is 22.7 Å². The van der Waals surface area contributed by atoms with Gasteiger partial charge in [0.1, 0.15) is 5.75 Å². The van der Waals surface area contributed by atoms with Gasteiger partial charge in [0, 0.05) is 6.54 Å². The van der Waals surface area contributed by atoms with Gasteiger partial charge in [0.2, 0.25) is 5.91 Å². The van der Waals surface area contributed by atoms with Crippen LogP contribution in [0, 0.1) is 0 Å². The zero-order valence-corrected chi connectivity index (χ0v) is 11.5. The average Bonchev–Trinajstić information content (AvgIpc) is 2.39. The molecule has 1 atom stereocenters. The Kier molecular flexibility index (Phi) is 6.21. The first-order valence-electron chi connectivity index (χ1n) is 6.03. The van der Waals surface area contributed by atoms with Crippen molar-refractivity contribution in [2.75, 3.05) is 12.3 Å². The van der Waals surface area contributed by atoms with Crippen LogP contribution in [-0.4, -0.2) is 33.5 Å². The fourth-order valence-electron chi connectivity index (χ4n) is 1.49. The fourth-order valence-corrected chi connectivity index (χ4v) is 2.62. The molecule has 1 aromatic carbocycles. The molecule has 0 aliphatic carbocycles. The average molecular weight is 283 g/mol. The first-order valence-corrected chi connectivity index (χ1v) is 7.35. The molecule has 0 aromatic heterocycles. The van der Waals surface area contributed by atoms with E-state index in [0.717, 1.165) is 12.8 Å². The van der Waals surface area contributed by atoms with Crippen LogP contribution in [0.15, 0.2) is 29.2 Å². The van der Waals surface area contributed by atoms with Gasteiger partial charge in [-0.3, -0.25) is 9.00 Å². The molecule has 1 amide bonds. The van der Waals surface area contributed by atoms with E-state index in [0.29, 0.717) is 6.54 Å². The third-order valence-electron chi connectivity index (χ3n) is 2.48. The maximum absolute atomic E-state index is 12.0. The topological polar surface area (TPSA) is 83.5 Å². The minimum absolute atomic E-state index is 0.0257. The molecule has 0 fully saturated rings. The monoisotopic (exact) mass is 283 g/mol. The third kappa shape index (κ3) is 4.82. The molecule has 0 bridgehead atoms. The van der Waals surface area contributed by atoms with Gasteiger partial charge < -0.3 is 10.4 Å². The highest BCUT2D eigenvalue weighted by atomic mass is 32.2. The molecule has 0 heterocycles. The SMILES string of the molecule is CCCCNC(=O)CS(=O)c1ccccc1C(=O)O. The van der Waals surface area contributed by atoms with Crippen molar-refractivity contribution in [2.45, 2.75) is 24.7 Å². The number of carboxylic acid groups (broad SMARTS) is 1. The van der Waals surface area contributed by atoms with E-state index >= 15 is 0 Å². The standard InChI is InChI=1S/C13H17NO4S/c1-2-3-8-14-12(15)9-19(18)11-7-5-4-6-10(11)13(16)17/h4-7H,2-3,8-9H2,1H3,(H,14,15)(H,16,17). The number of hydrogen-bond acceptors (Lipinski definition) is 3. The molecule has 104 valence electrons. The van der Waals surface area contributed by atoms with E-state index in [1.54, 1.807) is 12.1 Å². The van der Waals surface area contributed by atoms with Gasteiger partial charge in [-0.2, -0.15) is 0 Å². The molecule has 6 heteroatoms. The van der Waals surface area contributed by atoms with Crippen LogP contribution >= 0.6 is 0 Å². The lowest BCUT2D eigenvalue weighted by molar-refractivity contribution is -0.118. The van der Waals surface area contributed by atoms with E-state index in [1.165, 1.54) is 12.1 Å². The number of carboxylic acids is 1. The fraction of sp³-hybridized carbons (Fsp3) is 0.385. The molecule has 19 heavy (non-hydrogen) atoms. The van der Waals surface area contributed by atoms with Crippen LogP contribution in [0.3, 0.4) is 0 Å². The summed E-state index contributed by atoms with van der Waals surface area (Å²) >= 11 is 0. The van der Waals surface area contributed by atoms with E-state index in [1.807, 2.05) is 6.92 Å². The minimum Gasteiger partial charge on any atom is -0.478 e. The number of amides is 1. The predicted molar refractivity (Wildman–Crippen MR) is 72.6 cm³/mol. The lowest BCUT2D eigenvalue weighted by Gasteiger charge is -2.06. The lowest BCUT2D eigenvalue weighted by Crippen LogP contribution is -2.29. The quantitative estimate of drug-likeness (QED) is 0.741. The third-order valence-corrected chi connectivity index (χ3v) is 3.85. The van der Waals surface area contributed by atoms with Gasteiger partial charge in [0.15, 0.2) is 0 Å². The molecule has 0 saturated carbocycles. The van der Waals surface area contributed by atoms with Crippen molar-refractivity contribution in [3.63, 3.8) is 0 Å². The highest BCUT2D eigenvalue weighted by molar-refractivity contribution is 7.85. The Bertz CT molecular complexity index is 487. The van der Waals surface area contributed by atoms with E-state index in [-0.39, 0.29) is 22.1 Å². The lowest BCUT2D eigenvalue weighted by atomic mass is 10.2. The summed E-state index contributed by atoms with van der Waals surface area (Å²) in [5.41, 5.74) is -0.0257. The van der Waals surface area contributed by atoms with E-state index < -0.39 is 16.8 Å². The van der Waals surface area contributed by atoms with Crippen molar-refractivity contribution in [1.29, 1.82) is 0 Å². The summed E-state index contributed by atoms with van der Waals surface area (Å²) < 4.78 is 12.0. The van der Waals surface area contributed by atoms with Crippen LogP contribution in [0.4, 0.5) is 0 Å². The molecule has 0 aliphatic heterocycles. The number of nitrogens with one attached hydrogen (secondary N) is 1. The Labute approximate surface area is 114 Å². The smallest absolute Gasteiger partial charge is 0.336 e. The van der Waals surface area contributed by atoms with Gasteiger partial charge in [0.05, 0.1) is 21.3 Å². The van der Waals surface area contributed by atoms with Crippen molar-refractivity contribution in [3.8, 4) is 0 Å². The summed E-state index contributed by atoms with van der Waals surface area (Å²) in [6.45, 7) is 2.56. The van der Waals surface area contributed by atoms with Crippen molar-refractivity contribution < 1.29 is 18.9 Å². The van der Waals surface area contributed by atoms with E-state index in [9.17, 15) is 13.8 Å². The number of carbonyl (C=O) groups is 2. The summed E-state index contributed by atoms with van der Waals surface area (Å²) in [6, 6.07) is 6.02. The highest BCUT2D eigenvalue weighted by Gasteiger charge is 2.16. The molecule has 1 unspecified atom stereocenters. The molecule has 2 N–H and O–H groups in total. The van der Waals surface area contributed by atoms with Crippen LogP contribution in [0.5, 0.6) is 0 Å². The molecule has 1 aromatic rings. The minimum atomic E-state index is -1.64. The Morgan fingerprint density at radius 2 is 2.00 bits per heavy atom. The summed E-state index contributed by atoms with van der Waals surface area (Å²) in [6.07, 6.45) is 1.83. The normalized spacial score (nSPS) is 11.8. The second kappa shape index (κ2) is 7.68. The van der Waals surface area contributed by atoms with Gasteiger partial charge in [0.25, 0.3) is 0 Å². The van der Waals surface area contributed by atoms with Crippen molar-refractivity contribution in [2.24, 2.45) is 0 Å². The zero-order valence-electron chi connectivity index (χ0n) is 10.7.